The minimum atomic E-state index is 0.548. The number of hydrogen-bond acceptors (Lipinski definition) is 3. The fourth-order valence-electron chi connectivity index (χ4n) is 2.67. The molecule has 0 radical (unpaired) electrons. The van der Waals surface area contributed by atoms with Crippen LogP contribution in [-0.4, -0.2) is 30.2 Å². The van der Waals surface area contributed by atoms with Crippen molar-refractivity contribution in [2.45, 2.75) is 44.2 Å². The molecule has 2 aliphatic rings. The Morgan fingerprint density at radius 3 is 3.00 bits per heavy atom. The van der Waals surface area contributed by atoms with Crippen LogP contribution >= 0.6 is 11.6 Å². The minimum absolute atomic E-state index is 0.548. The van der Waals surface area contributed by atoms with Crippen LogP contribution in [0.5, 0.6) is 0 Å². The number of nitrogens with zero attached hydrogens (tertiary/aromatic N) is 2. The molecule has 2 fully saturated rings. The number of pyridine rings is 1. The molecule has 4 heteroatoms. The third-order valence-corrected chi connectivity index (χ3v) is 4.15. The van der Waals surface area contributed by atoms with Gasteiger partial charge in [-0.3, -0.25) is 0 Å². The quantitative estimate of drug-likeness (QED) is 0.907. The standard InChI is InChI=1S/C14H20ClN3/c15-13-5-3-8-16-14(13)18-9-2-1-4-12(18)10-17-11-6-7-11/h3,5,8,11-12,17H,1-2,4,6-7,9-10H2. The number of rotatable bonds is 4. The number of nitrogens with one attached hydrogen (secondary N) is 1. The maximum atomic E-state index is 6.27. The van der Waals surface area contributed by atoms with Crippen molar-refractivity contribution in [3.8, 4) is 0 Å². The summed E-state index contributed by atoms with van der Waals surface area (Å²) in [5, 5.41) is 4.41. The van der Waals surface area contributed by atoms with Gasteiger partial charge in [-0.1, -0.05) is 11.6 Å². The van der Waals surface area contributed by atoms with Crippen LogP contribution in [0.1, 0.15) is 32.1 Å². The van der Waals surface area contributed by atoms with E-state index in [9.17, 15) is 0 Å². The van der Waals surface area contributed by atoms with Crippen molar-refractivity contribution in [2.24, 2.45) is 0 Å². The van der Waals surface area contributed by atoms with Crippen molar-refractivity contribution in [3.63, 3.8) is 0 Å². The first-order valence-electron chi connectivity index (χ1n) is 6.95. The van der Waals surface area contributed by atoms with Crippen LogP contribution in [0, 0.1) is 0 Å². The van der Waals surface area contributed by atoms with Crippen molar-refractivity contribution in [3.05, 3.63) is 23.4 Å². The summed E-state index contributed by atoms with van der Waals surface area (Å²) in [6, 6.07) is 5.15. The van der Waals surface area contributed by atoms with Crippen LogP contribution < -0.4 is 10.2 Å². The predicted molar refractivity (Wildman–Crippen MR) is 75.3 cm³/mol. The van der Waals surface area contributed by atoms with Gasteiger partial charge in [0.05, 0.1) is 5.02 Å². The fraction of sp³-hybridized carbons (Fsp3) is 0.643. The summed E-state index contributed by atoms with van der Waals surface area (Å²) in [5.74, 6) is 0.960. The van der Waals surface area contributed by atoms with Crippen molar-refractivity contribution in [1.29, 1.82) is 0 Å². The highest BCUT2D eigenvalue weighted by atomic mass is 35.5. The highest BCUT2D eigenvalue weighted by Gasteiger charge is 2.27. The Hall–Kier alpha value is -0.800. The van der Waals surface area contributed by atoms with Crippen LogP contribution in [0.2, 0.25) is 5.02 Å². The maximum absolute atomic E-state index is 6.27. The number of anilines is 1. The molecule has 2 heterocycles. The summed E-state index contributed by atoms with van der Waals surface area (Å²) >= 11 is 6.27. The Bertz CT molecular complexity index is 406. The Labute approximate surface area is 114 Å². The molecule has 18 heavy (non-hydrogen) atoms. The molecule has 1 unspecified atom stereocenters. The Morgan fingerprint density at radius 1 is 1.33 bits per heavy atom. The van der Waals surface area contributed by atoms with Gasteiger partial charge >= 0.3 is 0 Å². The van der Waals surface area contributed by atoms with Gasteiger partial charge in [0.15, 0.2) is 0 Å². The molecule has 1 saturated heterocycles. The summed E-state index contributed by atoms with van der Waals surface area (Å²) in [7, 11) is 0. The molecule has 0 bridgehead atoms. The number of piperidine rings is 1. The van der Waals surface area contributed by atoms with Gasteiger partial charge in [-0.15, -0.1) is 0 Å². The molecule has 3 rings (SSSR count). The van der Waals surface area contributed by atoms with Crippen molar-refractivity contribution in [1.82, 2.24) is 10.3 Å². The lowest BCUT2D eigenvalue weighted by atomic mass is 10.0. The Kier molecular flexibility index (Phi) is 3.71. The van der Waals surface area contributed by atoms with Gasteiger partial charge < -0.3 is 10.2 Å². The lowest BCUT2D eigenvalue weighted by Gasteiger charge is -2.37. The van der Waals surface area contributed by atoms with Crippen molar-refractivity contribution >= 4 is 17.4 Å². The maximum Gasteiger partial charge on any atom is 0.147 e. The molecule has 1 saturated carbocycles. The van der Waals surface area contributed by atoms with Crippen LogP contribution in [0.3, 0.4) is 0 Å². The highest BCUT2D eigenvalue weighted by molar-refractivity contribution is 6.32. The largest absolute Gasteiger partial charge is 0.351 e. The van der Waals surface area contributed by atoms with Crippen molar-refractivity contribution < 1.29 is 0 Å². The number of aromatic nitrogens is 1. The smallest absolute Gasteiger partial charge is 0.147 e. The first kappa shape index (κ1) is 12.2. The average molecular weight is 266 g/mol. The third kappa shape index (κ3) is 2.78. The van der Waals surface area contributed by atoms with Gasteiger partial charge in [0, 0.05) is 31.4 Å². The van der Waals surface area contributed by atoms with E-state index >= 15 is 0 Å². The van der Waals surface area contributed by atoms with E-state index in [0.29, 0.717) is 6.04 Å². The van der Waals surface area contributed by atoms with Crippen LogP contribution in [0.25, 0.3) is 0 Å². The highest BCUT2D eigenvalue weighted by Crippen LogP contribution is 2.29. The van der Waals surface area contributed by atoms with E-state index in [-0.39, 0.29) is 0 Å². The molecule has 1 aliphatic heterocycles. The summed E-state index contributed by atoms with van der Waals surface area (Å²) in [6.07, 6.45) is 8.33. The Balaban J connectivity index is 1.71. The molecule has 3 nitrogen and oxygen atoms in total. The monoisotopic (exact) mass is 265 g/mol. The van der Waals surface area contributed by atoms with Crippen LogP contribution in [0.15, 0.2) is 18.3 Å². The number of hydrogen-bond donors (Lipinski definition) is 1. The van der Waals surface area contributed by atoms with E-state index in [0.717, 1.165) is 30.0 Å². The van der Waals surface area contributed by atoms with E-state index in [1.807, 2.05) is 18.3 Å². The molecular formula is C14H20ClN3. The van der Waals surface area contributed by atoms with Gasteiger partial charge in [0.25, 0.3) is 0 Å². The lowest BCUT2D eigenvalue weighted by Crippen LogP contribution is -2.46. The van der Waals surface area contributed by atoms with Crippen molar-refractivity contribution in [2.75, 3.05) is 18.0 Å². The lowest BCUT2D eigenvalue weighted by molar-refractivity contribution is 0.432. The summed E-state index contributed by atoms with van der Waals surface area (Å²) in [5.41, 5.74) is 0. The molecule has 0 spiro atoms. The second-order valence-electron chi connectivity index (χ2n) is 5.33. The molecule has 1 aromatic heterocycles. The molecule has 1 aliphatic carbocycles. The Morgan fingerprint density at radius 2 is 2.22 bits per heavy atom. The molecule has 0 aromatic carbocycles. The van der Waals surface area contributed by atoms with Gasteiger partial charge in [-0.25, -0.2) is 4.98 Å². The summed E-state index contributed by atoms with van der Waals surface area (Å²) < 4.78 is 0. The van der Waals surface area contributed by atoms with E-state index < -0.39 is 0 Å². The zero-order chi connectivity index (χ0) is 12.4. The van der Waals surface area contributed by atoms with E-state index in [2.05, 4.69) is 15.2 Å². The summed E-state index contributed by atoms with van der Waals surface area (Å²) in [6.45, 7) is 2.14. The predicted octanol–water partition coefficient (Wildman–Crippen LogP) is 2.85. The van der Waals surface area contributed by atoms with Crippen LogP contribution in [0.4, 0.5) is 5.82 Å². The summed E-state index contributed by atoms with van der Waals surface area (Å²) in [4.78, 5) is 6.85. The number of halogens is 1. The van der Waals surface area contributed by atoms with E-state index in [1.165, 1.54) is 32.1 Å². The van der Waals surface area contributed by atoms with Crippen LogP contribution in [-0.2, 0) is 0 Å². The molecule has 1 N–H and O–H groups in total. The SMILES string of the molecule is Clc1cccnc1N1CCCCC1CNC1CC1. The van der Waals surface area contributed by atoms with E-state index in [4.69, 9.17) is 11.6 Å². The molecular weight excluding hydrogens is 246 g/mol. The van der Waals surface area contributed by atoms with Gasteiger partial charge in [0.2, 0.25) is 0 Å². The average Bonchev–Trinajstić information content (AvgIpc) is 3.22. The third-order valence-electron chi connectivity index (χ3n) is 3.86. The van der Waals surface area contributed by atoms with Gasteiger partial charge in [-0.2, -0.15) is 0 Å². The minimum Gasteiger partial charge on any atom is -0.351 e. The molecule has 1 atom stereocenters. The second-order valence-corrected chi connectivity index (χ2v) is 5.74. The molecule has 1 aromatic rings. The molecule has 0 amide bonds. The topological polar surface area (TPSA) is 28.2 Å². The van der Waals surface area contributed by atoms with E-state index in [1.54, 1.807) is 0 Å². The first-order valence-corrected chi connectivity index (χ1v) is 7.33. The van der Waals surface area contributed by atoms with Gasteiger partial charge in [0.1, 0.15) is 5.82 Å². The molecule has 98 valence electrons. The van der Waals surface area contributed by atoms with Gasteiger partial charge in [-0.05, 0) is 44.2 Å². The zero-order valence-electron chi connectivity index (χ0n) is 10.6. The fourth-order valence-corrected chi connectivity index (χ4v) is 2.90. The zero-order valence-corrected chi connectivity index (χ0v) is 11.4. The normalized spacial score (nSPS) is 24.3. The first-order chi connectivity index (χ1) is 8.84. The second kappa shape index (κ2) is 5.45.